The van der Waals surface area contributed by atoms with Crippen LogP contribution in [-0.2, 0) is 0 Å². The van der Waals surface area contributed by atoms with Crippen molar-refractivity contribution in [3.05, 3.63) is 41.5 Å². The van der Waals surface area contributed by atoms with Gasteiger partial charge >= 0.3 is 0 Å². The number of halogens is 1. The van der Waals surface area contributed by atoms with Gasteiger partial charge in [0.05, 0.1) is 0 Å². The van der Waals surface area contributed by atoms with Gasteiger partial charge in [-0.15, -0.1) is 0 Å². The lowest BCUT2D eigenvalue weighted by Gasteiger charge is -2.04. The fraction of sp³-hybridized carbons (Fsp3) is 0.385. The Hall–Kier alpha value is -0.560. The highest BCUT2D eigenvalue weighted by atomic mass is 79.9. The van der Waals surface area contributed by atoms with Crippen LogP contribution in [0.3, 0.4) is 0 Å². The maximum atomic E-state index is 3.48. The normalized spacial score (nSPS) is 13.8. The minimum Gasteiger partial charge on any atom is -0.0848 e. The maximum absolute atomic E-state index is 3.48. The van der Waals surface area contributed by atoms with Gasteiger partial charge in [0.25, 0.3) is 0 Å². The Labute approximate surface area is 95.2 Å². The Bertz CT molecular complexity index is 294. The molecule has 0 radical (unpaired) electrons. The van der Waals surface area contributed by atoms with Crippen molar-refractivity contribution in [3.63, 3.8) is 0 Å². The van der Waals surface area contributed by atoms with E-state index in [0.29, 0.717) is 10.7 Å². The van der Waals surface area contributed by atoms with Crippen molar-refractivity contribution in [2.24, 2.45) is 0 Å². The summed E-state index contributed by atoms with van der Waals surface area (Å²) in [4.78, 5) is 0.437. The van der Waals surface area contributed by atoms with E-state index in [2.05, 4.69) is 73.1 Å². The molecule has 1 unspecified atom stereocenters. The summed E-state index contributed by atoms with van der Waals surface area (Å²) in [6, 6.07) is 8.73. The molecule has 0 aliphatic heterocycles. The second-order valence-corrected chi connectivity index (χ2v) is 5.30. The average Bonchev–Trinajstić information content (AvgIpc) is 2.15. The highest BCUT2D eigenvalue weighted by Crippen LogP contribution is 2.15. The highest BCUT2D eigenvalue weighted by Gasteiger charge is 1.97. The molecule has 0 saturated heterocycles. The molecule has 1 aromatic rings. The monoisotopic (exact) mass is 252 g/mol. The van der Waals surface area contributed by atoms with Gasteiger partial charge in [-0.2, -0.15) is 0 Å². The molecule has 0 aromatic heterocycles. The molecule has 0 saturated carbocycles. The summed E-state index contributed by atoms with van der Waals surface area (Å²) < 4.78 is 0. The van der Waals surface area contributed by atoms with Gasteiger partial charge in [0.1, 0.15) is 0 Å². The van der Waals surface area contributed by atoms with E-state index in [1.54, 1.807) is 0 Å². The lowest BCUT2D eigenvalue weighted by atomic mass is 10.0. The minimum atomic E-state index is 0.437. The first-order valence-electron chi connectivity index (χ1n) is 5.02. The maximum Gasteiger partial charge on any atom is 0.0300 e. The number of benzene rings is 1. The second-order valence-electron chi connectivity index (χ2n) is 3.86. The van der Waals surface area contributed by atoms with E-state index in [0.717, 1.165) is 0 Å². The van der Waals surface area contributed by atoms with Gasteiger partial charge in [-0.3, -0.25) is 0 Å². The van der Waals surface area contributed by atoms with Gasteiger partial charge in [-0.25, -0.2) is 0 Å². The molecular weight excluding hydrogens is 236 g/mol. The zero-order valence-electron chi connectivity index (χ0n) is 9.00. The Kier molecular flexibility index (Phi) is 4.40. The molecule has 1 heteroatoms. The standard InChI is InChI=1S/C13H17Br/c1-10(2)13-8-6-12(7-9-13)5-4-11(3)14/h4-11H,1-3H3/b5-4+. The Morgan fingerprint density at radius 3 is 2.07 bits per heavy atom. The van der Waals surface area contributed by atoms with Gasteiger partial charge in [-0.05, 0) is 24.0 Å². The molecule has 0 bridgehead atoms. The third-order valence-electron chi connectivity index (χ3n) is 2.16. The van der Waals surface area contributed by atoms with Crippen molar-refractivity contribution < 1.29 is 0 Å². The van der Waals surface area contributed by atoms with Crippen molar-refractivity contribution >= 4 is 22.0 Å². The van der Waals surface area contributed by atoms with Gasteiger partial charge in [0.2, 0.25) is 0 Å². The molecule has 76 valence electrons. The van der Waals surface area contributed by atoms with Crippen molar-refractivity contribution in [3.8, 4) is 0 Å². The molecule has 0 aliphatic rings. The first kappa shape index (κ1) is 11.5. The van der Waals surface area contributed by atoms with Crippen molar-refractivity contribution in [1.82, 2.24) is 0 Å². The van der Waals surface area contributed by atoms with Crippen LogP contribution >= 0.6 is 15.9 Å². The topological polar surface area (TPSA) is 0 Å². The molecule has 14 heavy (non-hydrogen) atoms. The first-order valence-corrected chi connectivity index (χ1v) is 5.93. The number of hydrogen-bond acceptors (Lipinski definition) is 0. The molecule has 0 nitrogen and oxygen atoms in total. The van der Waals surface area contributed by atoms with Crippen molar-refractivity contribution in [2.45, 2.75) is 31.5 Å². The second kappa shape index (κ2) is 5.35. The van der Waals surface area contributed by atoms with E-state index < -0.39 is 0 Å². The van der Waals surface area contributed by atoms with Gasteiger partial charge < -0.3 is 0 Å². The smallest absolute Gasteiger partial charge is 0.0300 e. The van der Waals surface area contributed by atoms with Crippen LogP contribution in [0, 0.1) is 0 Å². The first-order chi connectivity index (χ1) is 6.59. The van der Waals surface area contributed by atoms with Crippen molar-refractivity contribution in [2.75, 3.05) is 0 Å². The van der Waals surface area contributed by atoms with Crippen LogP contribution < -0.4 is 0 Å². The fourth-order valence-electron chi connectivity index (χ4n) is 1.24. The van der Waals surface area contributed by atoms with Crippen LogP contribution in [0.25, 0.3) is 6.08 Å². The highest BCUT2D eigenvalue weighted by molar-refractivity contribution is 9.09. The number of hydrogen-bond donors (Lipinski definition) is 0. The van der Waals surface area contributed by atoms with E-state index in [-0.39, 0.29) is 0 Å². The van der Waals surface area contributed by atoms with E-state index in [9.17, 15) is 0 Å². The predicted octanol–water partition coefficient (Wildman–Crippen LogP) is 4.61. The minimum absolute atomic E-state index is 0.437. The summed E-state index contributed by atoms with van der Waals surface area (Å²) in [6.07, 6.45) is 4.29. The number of alkyl halides is 1. The summed E-state index contributed by atoms with van der Waals surface area (Å²) in [6.45, 7) is 6.54. The van der Waals surface area contributed by atoms with Crippen molar-refractivity contribution in [1.29, 1.82) is 0 Å². The fourth-order valence-corrected chi connectivity index (χ4v) is 1.39. The summed E-state index contributed by atoms with van der Waals surface area (Å²) in [5.74, 6) is 0.614. The Morgan fingerprint density at radius 1 is 1.07 bits per heavy atom. The van der Waals surface area contributed by atoms with Gasteiger partial charge in [0, 0.05) is 4.83 Å². The van der Waals surface area contributed by atoms with Gasteiger partial charge in [-0.1, -0.05) is 66.2 Å². The summed E-state index contributed by atoms with van der Waals surface area (Å²) in [5.41, 5.74) is 2.66. The average molecular weight is 253 g/mol. The third-order valence-corrected chi connectivity index (χ3v) is 2.46. The number of allylic oxidation sites excluding steroid dienone is 1. The molecule has 0 N–H and O–H groups in total. The molecule has 0 spiro atoms. The van der Waals surface area contributed by atoms with Crippen LogP contribution in [0.2, 0.25) is 0 Å². The lowest BCUT2D eigenvalue weighted by Crippen LogP contribution is -1.86. The van der Waals surface area contributed by atoms with Crippen LogP contribution in [0.15, 0.2) is 30.3 Å². The summed E-state index contributed by atoms with van der Waals surface area (Å²) in [5, 5.41) is 0. The molecule has 1 rings (SSSR count). The molecule has 1 atom stereocenters. The molecule has 0 amide bonds. The van der Waals surface area contributed by atoms with Crippen LogP contribution in [0.1, 0.15) is 37.8 Å². The molecule has 0 heterocycles. The van der Waals surface area contributed by atoms with Crippen LogP contribution in [0.4, 0.5) is 0 Å². The quantitative estimate of drug-likeness (QED) is 0.690. The zero-order valence-corrected chi connectivity index (χ0v) is 10.6. The molecule has 0 fully saturated rings. The molecule has 0 aliphatic carbocycles. The predicted molar refractivity (Wildman–Crippen MR) is 68.0 cm³/mol. The Morgan fingerprint density at radius 2 is 1.64 bits per heavy atom. The third kappa shape index (κ3) is 3.67. The van der Waals surface area contributed by atoms with E-state index in [1.807, 2.05) is 0 Å². The zero-order chi connectivity index (χ0) is 10.6. The van der Waals surface area contributed by atoms with E-state index in [4.69, 9.17) is 0 Å². The van der Waals surface area contributed by atoms with Crippen LogP contribution in [0.5, 0.6) is 0 Å². The SMILES string of the molecule is CC(Br)/C=C/c1ccc(C(C)C)cc1. The molecular formula is C13H17Br. The lowest BCUT2D eigenvalue weighted by molar-refractivity contribution is 0.866. The Balaban J connectivity index is 2.73. The van der Waals surface area contributed by atoms with E-state index >= 15 is 0 Å². The largest absolute Gasteiger partial charge is 0.0848 e. The van der Waals surface area contributed by atoms with E-state index in [1.165, 1.54) is 11.1 Å². The van der Waals surface area contributed by atoms with Gasteiger partial charge in [0.15, 0.2) is 0 Å². The summed E-state index contributed by atoms with van der Waals surface area (Å²) in [7, 11) is 0. The summed E-state index contributed by atoms with van der Waals surface area (Å²) >= 11 is 3.48. The van der Waals surface area contributed by atoms with Crippen LogP contribution in [-0.4, -0.2) is 4.83 Å². The number of rotatable bonds is 3. The molecule has 1 aromatic carbocycles.